The summed E-state index contributed by atoms with van der Waals surface area (Å²) in [6.45, 7) is 3.11. The van der Waals surface area contributed by atoms with Gasteiger partial charge in [0, 0.05) is 104 Å². The van der Waals surface area contributed by atoms with E-state index in [1.807, 2.05) is 59.4 Å². The quantitative estimate of drug-likeness (QED) is 0.0428. The fraction of sp³-hybridized carbons (Fsp3) is 0.321. The summed E-state index contributed by atoms with van der Waals surface area (Å²) in [5.41, 5.74) is 12.0. The van der Waals surface area contributed by atoms with Crippen LogP contribution in [0, 0.1) is 0 Å². The molecule has 0 fully saturated rings. The van der Waals surface area contributed by atoms with Crippen molar-refractivity contribution in [3.8, 4) is 11.5 Å². The van der Waals surface area contributed by atoms with Crippen LogP contribution in [-0.4, -0.2) is 93.2 Å². The summed E-state index contributed by atoms with van der Waals surface area (Å²) >= 11 is 0. The molecule has 10 nitrogen and oxygen atoms in total. The number of hydrogen-bond acceptors (Lipinski definition) is 9. The second-order valence-electron chi connectivity index (χ2n) is 17.1. The average molecular weight is 893 g/mol. The van der Waals surface area contributed by atoms with Gasteiger partial charge in [0.05, 0.1) is 19.8 Å². The molecule has 0 bridgehead atoms. The van der Waals surface area contributed by atoms with Gasteiger partial charge in [0.1, 0.15) is 11.5 Å². The lowest BCUT2D eigenvalue weighted by Gasteiger charge is -2.22. The van der Waals surface area contributed by atoms with E-state index in [0.29, 0.717) is 39.1 Å². The third-order valence-corrected chi connectivity index (χ3v) is 11.3. The molecule has 66 heavy (non-hydrogen) atoms. The second-order valence-corrected chi connectivity index (χ2v) is 17.1. The van der Waals surface area contributed by atoms with Gasteiger partial charge in [-0.15, -0.1) is 0 Å². The number of ether oxygens (including phenoxy) is 3. The predicted octanol–water partition coefficient (Wildman–Crippen LogP) is 11.0. The van der Waals surface area contributed by atoms with Crippen LogP contribution in [0.3, 0.4) is 0 Å². The summed E-state index contributed by atoms with van der Waals surface area (Å²) in [7, 11) is 16.4. The second kappa shape index (κ2) is 24.9. The molecule has 0 unspecified atom stereocenters. The van der Waals surface area contributed by atoms with E-state index < -0.39 is 5.97 Å². The molecule has 0 aliphatic carbocycles. The zero-order valence-electron chi connectivity index (χ0n) is 40.2. The van der Waals surface area contributed by atoms with Gasteiger partial charge in [0.2, 0.25) is 0 Å². The monoisotopic (exact) mass is 893 g/mol. The van der Waals surface area contributed by atoms with Crippen molar-refractivity contribution in [1.29, 1.82) is 0 Å². The van der Waals surface area contributed by atoms with Crippen LogP contribution < -0.4 is 29.1 Å². The van der Waals surface area contributed by atoms with Crippen LogP contribution >= 0.6 is 0 Å². The average Bonchev–Trinajstić information content (AvgIpc) is 3.31. The minimum atomic E-state index is -0.799. The van der Waals surface area contributed by atoms with Gasteiger partial charge in [0.25, 0.3) is 0 Å². The Kier molecular flexibility index (Phi) is 18.9. The maximum absolute atomic E-state index is 11.5. The minimum absolute atomic E-state index is 0.100. The van der Waals surface area contributed by atoms with Gasteiger partial charge in [-0.1, -0.05) is 72.8 Å². The minimum Gasteiger partial charge on any atom is -0.494 e. The van der Waals surface area contributed by atoms with E-state index in [4.69, 9.17) is 19.3 Å². The number of esters is 1. The predicted molar refractivity (Wildman–Crippen MR) is 272 cm³/mol. The lowest BCUT2D eigenvalue weighted by atomic mass is 9.85. The number of carbonyl (C=O) groups excluding carboxylic acids is 1. The summed E-state index contributed by atoms with van der Waals surface area (Å²) < 4.78 is 16.5. The van der Waals surface area contributed by atoms with E-state index in [9.17, 15) is 9.59 Å². The van der Waals surface area contributed by atoms with Crippen molar-refractivity contribution < 1.29 is 28.9 Å². The van der Waals surface area contributed by atoms with E-state index in [1.165, 1.54) is 56.1 Å². The van der Waals surface area contributed by atoms with Gasteiger partial charge >= 0.3 is 11.9 Å². The summed E-state index contributed by atoms with van der Waals surface area (Å²) in [6, 6.07) is 51.2. The van der Waals surface area contributed by atoms with Crippen molar-refractivity contribution in [2.75, 3.05) is 95.8 Å². The highest BCUT2D eigenvalue weighted by atomic mass is 16.5. The molecule has 348 valence electrons. The van der Waals surface area contributed by atoms with Crippen molar-refractivity contribution in [3.05, 3.63) is 179 Å². The van der Waals surface area contributed by atoms with E-state index in [2.05, 4.69) is 169 Å². The van der Waals surface area contributed by atoms with E-state index >= 15 is 0 Å². The first-order valence-corrected chi connectivity index (χ1v) is 22.7. The molecule has 6 aromatic carbocycles. The zero-order valence-corrected chi connectivity index (χ0v) is 40.2. The van der Waals surface area contributed by atoms with Gasteiger partial charge in [-0.3, -0.25) is 9.59 Å². The van der Waals surface area contributed by atoms with E-state index in [0.717, 1.165) is 11.5 Å². The number of hydrogen-bond donors (Lipinski definition) is 1. The number of nitrogens with zero attached hydrogens (tertiary/aromatic N) is 4. The third-order valence-electron chi connectivity index (χ3n) is 11.3. The first-order valence-electron chi connectivity index (χ1n) is 22.7. The Labute approximate surface area is 393 Å². The fourth-order valence-corrected chi connectivity index (χ4v) is 7.58. The first kappa shape index (κ1) is 50.1. The van der Waals surface area contributed by atoms with Crippen LogP contribution in [0.2, 0.25) is 0 Å². The van der Waals surface area contributed by atoms with Crippen molar-refractivity contribution >= 4 is 34.7 Å². The molecule has 10 heteroatoms. The molecule has 0 saturated carbocycles. The van der Waals surface area contributed by atoms with Crippen molar-refractivity contribution in [3.63, 3.8) is 0 Å². The van der Waals surface area contributed by atoms with Crippen molar-refractivity contribution in [2.24, 2.45) is 0 Å². The van der Waals surface area contributed by atoms with Gasteiger partial charge < -0.3 is 38.9 Å². The van der Waals surface area contributed by atoms with Crippen molar-refractivity contribution in [2.45, 2.75) is 44.4 Å². The molecule has 6 aromatic rings. The molecule has 6 rings (SSSR count). The molecular formula is C56H68N4O6. The van der Waals surface area contributed by atoms with Gasteiger partial charge in [-0.05, 0) is 126 Å². The van der Waals surface area contributed by atoms with Gasteiger partial charge in [-0.25, -0.2) is 0 Å². The van der Waals surface area contributed by atoms with Crippen LogP contribution in [0.4, 0.5) is 22.7 Å². The normalized spacial score (nSPS) is 10.8. The third kappa shape index (κ3) is 14.8. The first-order chi connectivity index (χ1) is 31.7. The molecule has 0 aliphatic heterocycles. The maximum Gasteiger partial charge on any atom is 0.305 e. The smallest absolute Gasteiger partial charge is 0.305 e. The molecule has 0 radical (unpaired) electrons. The van der Waals surface area contributed by atoms with Gasteiger partial charge in [0.15, 0.2) is 0 Å². The maximum atomic E-state index is 11.5. The molecule has 0 spiro atoms. The molecule has 0 aliphatic rings. The number of benzene rings is 6. The van der Waals surface area contributed by atoms with Crippen molar-refractivity contribution in [1.82, 2.24) is 0 Å². The molecule has 0 heterocycles. The van der Waals surface area contributed by atoms with Crippen LogP contribution in [-0.2, 0) is 14.3 Å². The van der Waals surface area contributed by atoms with E-state index in [1.54, 1.807) is 0 Å². The van der Waals surface area contributed by atoms with E-state index in [-0.39, 0.29) is 24.2 Å². The summed E-state index contributed by atoms with van der Waals surface area (Å²) in [5, 5.41) is 8.76. The Hall–Kier alpha value is -6.94. The lowest BCUT2D eigenvalue weighted by Crippen LogP contribution is -2.10. The zero-order chi connectivity index (χ0) is 47.6. The SMILES string of the molecule is CCOC(=O)CCCOc1ccc(C(c2ccc(N(C)C)cc2)c2ccc(N(C)C)cc2)cc1.CN(C)c1ccc(C(c2ccc(OCCCC(=O)O)cc2)c2ccc(N(C)C)cc2)cc1. The topological polar surface area (TPSA) is 95.0 Å². The van der Waals surface area contributed by atoms with Gasteiger partial charge in [-0.2, -0.15) is 0 Å². The summed E-state index contributed by atoms with van der Waals surface area (Å²) in [5.74, 6) is 0.798. The highest BCUT2D eigenvalue weighted by Crippen LogP contribution is 2.36. The molecule has 0 amide bonds. The van der Waals surface area contributed by atoms with Crippen LogP contribution in [0.1, 0.15) is 77.8 Å². The largest absolute Gasteiger partial charge is 0.494 e. The number of rotatable bonds is 21. The molecule has 0 atom stereocenters. The summed E-state index contributed by atoms with van der Waals surface area (Å²) in [6.07, 6.45) is 1.63. The molecular weight excluding hydrogens is 825 g/mol. The molecule has 0 saturated heterocycles. The summed E-state index contributed by atoms with van der Waals surface area (Å²) in [4.78, 5) is 30.5. The molecule has 1 N–H and O–H groups in total. The highest BCUT2D eigenvalue weighted by molar-refractivity contribution is 5.69. The Morgan fingerprint density at radius 2 is 0.682 bits per heavy atom. The van der Waals surface area contributed by atoms with Crippen LogP contribution in [0.15, 0.2) is 146 Å². The highest BCUT2D eigenvalue weighted by Gasteiger charge is 2.19. The Morgan fingerprint density at radius 3 is 0.924 bits per heavy atom. The number of carboxylic acids is 1. The molecule has 0 aromatic heterocycles. The Balaban J connectivity index is 0.000000248. The van der Waals surface area contributed by atoms with Crippen LogP contribution in [0.25, 0.3) is 0 Å². The number of carbonyl (C=O) groups is 2. The number of aliphatic carboxylic acids is 1. The number of carboxylic acid groups (broad SMARTS) is 1. The lowest BCUT2D eigenvalue weighted by molar-refractivity contribution is -0.143. The Bertz CT molecular complexity index is 2260. The fourth-order valence-electron chi connectivity index (χ4n) is 7.58. The standard InChI is InChI=1S/C29H36N2O3.C27H32N2O3/c1-6-33-28(32)8-7-21-34-27-19-13-24(14-20-27)29(22-9-15-25(16-10-22)30(2)3)23-11-17-26(18-12-23)31(4)5;1-28(2)23-13-7-20(8-14-23)27(21-9-15-24(16-10-21)29(3)4)22-11-17-25(18-12-22)32-19-5-6-26(30)31/h9-20,29H,6-8,21H2,1-5H3;7-18,27H,5-6,19H2,1-4H3,(H,30,31). The van der Waals surface area contributed by atoms with Crippen LogP contribution in [0.5, 0.6) is 11.5 Å². The number of anilines is 4. The Morgan fingerprint density at radius 1 is 0.424 bits per heavy atom.